The van der Waals surface area contributed by atoms with Crippen LogP contribution in [0.25, 0.3) is 0 Å². The van der Waals surface area contributed by atoms with Crippen molar-refractivity contribution in [1.29, 1.82) is 0 Å². The number of hydrogen-bond acceptors (Lipinski definition) is 3. The number of nitrogens with zero attached hydrogens (tertiary/aromatic N) is 2. The van der Waals surface area contributed by atoms with Crippen molar-refractivity contribution < 1.29 is 0 Å². The van der Waals surface area contributed by atoms with Gasteiger partial charge in [-0.3, -0.25) is 4.90 Å². The highest BCUT2D eigenvalue weighted by Gasteiger charge is 2.25. The molecule has 0 aromatic carbocycles. The molecule has 2 heterocycles. The van der Waals surface area contributed by atoms with Crippen LogP contribution in [0.2, 0.25) is 0 Å². The third-order valence-electron chi connectivity index (χ3n) is 5.79. The summed E-state index contributed by atoms with van der Waals surface area (Å²) in [6.07, 6.45) is 11.6. The molecule has 3 fully saturated rings. The molecule has 0 amide bonds. The zero-order valence-corrected chi connectivity index (χ0v) is 13.2. The van der Waals surface area contributed by atoms with Crippen molar-refractivity contribution in [2.24, 2.45) is 5.92 Å². The van der Waals surface area contributed by atoms with E-state index in [4.69, 9.17) is 0 Å². The molecule has 0 atom stereocenters. The molecule has 2 aliphatic heterocycles. The van der Waals surface area contributed by atoms with Crippen molar-refractivity contribution in [3.63, 3.8) is 0 Å². The highest BCUT2D eigenvalue weighted by atomic mass is 15.3. The summed E-state index contributed by atoms with van der Waals surface area (Å²) in [5.74, 6) is 1.01. The van der Waals surface area contributed by atoms with Crippen LogP contribution in [0.15, 0.2) is 0 Å². The van der Waals surface area contributed by atoms with Gasteiger partial charge in [-0.1, -0.05) is 12.8 Å². The Morgan fingerprint density at radius 3 is 2.25 bits per heavy atom. The second kappa shape index (κ2) is 7.77. The molecule has 3 rings (SSSR count). The van der Waals surface area contributed by atoms with Gasteiger partial charge in [0.1, 0.15) is 0 Å². The Labute approximate surface area is 125 Å². The van der Waals surface area contributed by atoms with Crippen LogP contribution in [0.5, 0.6) is 0 Å². The van der Waals surface area contributed by atoms with E-state index in [1.807, 2.05) is 0 Å². The Morgan fingerprint density at radius 1 is 0.850 bits per heavy atom. The first-order valence-corrected chi connectivity index (χ1v) is 9.09. The SMILES string of the molecule is C1CCC(N2CCN(CCCC3CCNCC3)CC2)C1. The molecule has 0 radical (unpaired) electrons. The van der Waals surface area contributed by atoms with E-state index >= 15 is 0 Å². The van der Waals surface area contributed by atoms with Crippen LogP contribution in [0.4, 0.5) is 0 Å². The predicted molar refractivity (Wildman–Crippen MR) is 85.1 cm³/mol. The lowest BCUT2D eigenvalue weighted by Crippen LogP contribution is -2.49. The highest BCUT2D eigenvalue weighted by molar-refractivity contribution is 4.82. The van der Waals surface area contributed by atoms with E-state index in [9.17, 15) is 0 Å². The molecule has 2 saturated heterocycles. The van der Waals surface area contributed by atoms with E-state index < -0.39 is 0 Å². The van der Waals surface area contributed by atoms with E-state index in [2.05, 4.69) is 15.1 Å². The van der Waals surface area contributed by atoms with E-state index in [-0.39, 0.29) is 0 Å². The molecule has 1 aliphatic carbocycles. The lowest BCUT2D eigenvalue weighted by Gasteiger charge is -2.38. The summed E-state index contributed by atoms with van der Waals surface area (Å²) in [4.78, 5) is 5.49. The Kier molecular flexibility index (Phi) is 5.75. The quantitative estimate of drug-likeness (QED) is 0.833. The number of piperidine rings is 1. The van der Waals surface area contributed by atoms with Gasteiger partial charge < -0.3 is 10.2 Å². The van der Waals surface area contributed by atoms with Crippen molar-refractivity contribution in [3.05, 3.63) is 0 Å². The van der Waals surface area contributed by atoms with Crippen molar-refractivity contribution in [2.75, 3.05) is 45.8 Å². The maximum absolute atomic E-state index is 3.47. The van der Waals surface area contributed by atoms with Crippen LogP contribution in [0.3, 0.4) is 0 Å². The molecule has 3 heteroatoms. The maximum atomic E-state index is 3.47. The first-order valence-electron chi connectivity index (χ1n) is 9.09. The third-order valence-corrected chi connectivity index (χ3v) is 5.79. The van der Waals surface area contributed by atoms with Crippen molar-refractivity contribution in [1.82, 2.24) is 15.1 Å². The summed E-state index contributed by atoms with van der Waals surface area (Å²) >= 11 is 0. The minimum absolute atomic E-state index is 0.937. The van der Waals surface area contributed by atoms with E-state index in [0.29, 0.717) is 0 Å². The summed E-state index contributed by atoms with van der Waals surface area (Å²) in [6, 6.07) is 0.937. The van der Waals surface area contributed by atoms with E-state index in [1.54, 1.807) is 0 Å². The Balaban J connectivity index is 1.28. The molecular formula is C17H33N3. The van der Waals surface area contributed by atoms with E-state index in [0.717, 1.165) is 12.0 Å². The average Bonchev–Trinajstić information content (AvgIpc) is 3.03. The van der Waals surface area contributed by atoms with Crippen LogP contribution in [-0.4, -0.2) is 61.7 Å². The fourth-order valence-corrected chi connectivity index (χ4v) is 4.40. The number of rotatable bonds is 5. The van der Waals surface area contributed by atoms with Gasteiger partial charge in [0.25, 0.3) is 0 Å². The van der Waals surface area contributed by atoms with Crippen LogP contribution >= 0.6 is 0 Å². The zero-order chi connectivity index (χ0) is 13.6. The first-order chi connectivity index (χ1) is 9.92. The minimum atomic E-state index is 0.937. The standard InChI is InChI=1S/C17H33N3/c1-2-6-17(5-1)20-14-12-19(13-15-20)11-3-4-16-7-9-18-10-8-16/h16-18H,1-15H2. The minimum Gasteiger partial charge on any atom is -0.317 e. The lowest BCUT2D eigenvalue weighted by atomic mass is 9.93. The number of piperazine rings is 1. The second-order valence-electron chi connectivity index (χ2n) is 7.15. The Morgan fingerprint density at radius 2 is 1.55 bits per heavy atom. The summed E-state index contributed by atoms with van der Waals surface area (Å²) in [5, 5.41) is 3.47. The largest absolute Gasteiger partial charge is 0.317 e. The molecule has 3 aliphatic rings. The molecule has 0 unspecified atom stereocenters. The molecule has 0 spiro atoms. The monoisotopic (exact) mass is 279 g/mol. The molecule has 1 saturated carbocycles. The third kappa shape index (κ3) is 4.19. The highest BCUT2D eigenvalue weighted by Crippen LogP contribution is 2.24. The van der Waals surface area contributed by atoms with Gasteiger partial charge in [-0.25, -0.2) is 0 Å². The van der Waals surface area contributed by atoms with Gasteiger partial charge in [0, 0.05) is 32.2 Å². The molecule has 3 nitrogen and oxygen atoms in total. The van der Waals surface area contributed by atoms with Crippen molar-refractivity contribution in [3.8, 4) is 0 Å². The molecule has 1 N–H and O–H groups in total. The van der Waals surface area contributed by atoms with Crippen LogP contribution < -0.4 is 5.32 Å². The average molecular weight is 279 g/mol. The molecule has 0 aromatic heterocycles. The van der Waals surface area contributed by atoms with Crippen LogP contribution in [0, 0.1) is 5.92 Å². The van der Waals surface area contributed by atoms with Crippen molar-refractivity contribution in [2.45, 2.75) is 57.4 Å². The van der Waals surface area contributed by atoms with Gasteiger partial charge in [-0.05, 0) is 64.1 Å². The smallest absolute Gasteiger partial charge is 0.0113 e. The summed E-state index contributed by atoms with van der Waals surface area (Å²) < 4.78 is 0. The summed E-state index contributed by atoms with van der Waals surface area (Å²) in [6.45, 7) is 9.17. The fraction of sp³-hybridized carbons (Fsp3) is 1.00. The maximum Gasteiger partial charge on any atom is 0.0113 e. The first kappa shape index (κ1) is 14.8. The summed E-state index contributed by atoms with van der Waals surface area (Å²) in [7, 11) is 0. The lowest BCUT2D eigenvalue weighted by molar-refractivity contribution is 0.0955. The zero-order valence-electron chi connectivity index (χ0n) is 13.2. The topological polar surface area (TPSA) is 18.5 Å². The van der Waals surface area contributed by atoms with Crippen LogP contribution in [0.1, 0.15) is 51.4 Å². The molecule has 0 bridgehead atoms. The van der Waals surface area contributed by atoms with Gasteiger partial charge >= 0.3 is 0 Å². The van der Waals surface area contributed by atoms with Crippen LogP contribution in [-0.2, 0) is 0 Å². The van der Waals surface area contributed by atoms with Gasteiger partial charge in [-0.15, -0.1) is 0 Å². The van der Waals surface area contributed by atoms with Gasteiger partial charge in [-0.2, -0.15) is 0 Å². The fourth-order valence-electron chi connectivity index (χ4n) is 4.40. The summed E-state index contributed by atoms with van der Waals surface area (Å²) in [5.41, 5.74) is 0. The Bertz CT molecular complexity index is 261. The van der Waals surface area contributed by atoms with E-state index in [1.165, 1.54) is 97.2 Å². The number of hydrogen-bond donors (Lipinski definition) is 1. The molecule has 116 valence electrons. The molecular weight excluding hydrogens is 246 g/mol. The Hall–Kier alpha value is -0.120. The van der Waals surface area contributed by atoms with Crippen molar-refractivity contribution >= 4 is 0 Å². The second-order valence-corrected chi connectivity index (χ2v) is 7.15. The number of nitrogens with one attached hydrogen (secondary N) is 1. The predicted octanol–water partition coefficient (Wildman–Crippen LogP) is 2.33. The molecule has 20 heavy (non-hydrogen) atoms. The van der Waals surface area contributed by atoms with Gasteiger partial charge in [0.2, 0.25) is 0 Å². The normalized spacial score (nSPS) is 28.2. The van der Waals surface area contributed by atoms with Gasteiger partial charge in [0.05, 0.1) is 0 Å². The van der Waals surface area contributed by atoms with Gasteiger partial charge in [0.15, 0.2) is 0 Å². The molecule has 0 aromatic rings.